The van der Waals surface area contributed by atoms with Gasteiger partial charge in [-0.1, -0.05) is 22.0 Å². The summed E-state index contributed by atoms with van der Waals surface area (Å²) in [7, 11) is 0. The van der Waals surface area contributed by atoms with Crippen molar-refractivity contribution in [1.29, 1.82) is 0 Å². The topological polar surface area (TPSA) is 43.3 Å². The molecular weight excluding hydrogens is 314 g/mol. The van der Waals surface area contributed by atoms with Crippen molar-refractivity contribution in [3.63, 3.8) is 0 Å². The van der Waals surface area contributed by atoms with Crippen LogP contribution < -0.4 is 5.73 Å². The molecular formula is C16H16BrN3. The highest BCUT2D eigenvalue weighted by Gasteiger charge is 2.11. The molecule has 2 N–H and O–H groups in total. The van der Waals surface area contributed by atoms with Gasteiger partial charge < -0.3 is 10.1 Å². The Morgan fingerprint density at radius 2 is 1.95 bits per heavy atom. The molecule has 3 nitrogen and oxygen atoms in total. The molecule has 1 aromatic carbocycles. The molecule has 0 saturated carbocycles. The first-order valence-corrected chi connectivity index (χ1v) is 7.32. The number of halogens is 1. The molecule has 102 valence electrons. The maximum atomic E-state index is 5.66. The molecule has 3 rings (SSSR count). The highest BCUT2D eigenvalue weighted by atomic mass is 79.9. The van der Waals surface area contributed by atoms with Gasteiger partial charge in [-0.15, -0.1) is 0 Å². The van der Waals surface area contributed by atoms with Crippen LogP contribution in [0.4, 0.5) is 0 Å². The Hall–Kier alpha value is -1.65. The van der Waals surface area contributed by atoms with E-state index in [9.17, 15) is 0 Å². The minimum Gasteiger partial charge on any atom is -0.325 e. The van der Waals surface area contributed by atoms with Gasteiger partial charge in [0.1, 0.15) is 0 Å². The van der Waals surface area contributed by atoms with Crippen LogP contribution in [0.15, 0.2) is 41.1 Å². The van der Waals surface area contributed by atoms with E-state index in [0.29, 0.717) is 6.54 Å². The summed E-state index contributed by atoms with van der Waals surface area (Å²) < 4.78 is 3.20. The summed E-state index contributed by atoms with van der Waals surface area (Å²) in [5.41, 5.74) is 12.6. The highest BCUT2D eigenvalue weighted by Crippen LogP contribution is 2.31. The number of nitrogens with two attached hydrogens (primary N) is 1. The van der Waals surface area contributed by atoms with E-state index >= 15 is 0 Å². The van der Waals surface area contributed by atoms with E-state index in [-0.39, 0.29) is 0 Å². The molecule has 0 bridgehead atoms. The maximum absolute atomic E-state index is 5.66. The van der Waals surface area contributed by atoms with Crippen molar-refractivity contribution in [3.8, 4) is 11.1 Å². The molecule has 0 aliphatic heterocycles. The minimum absolute atomic E-state index is 0.464. The van der Waals surface area contributed by atoms with Gasteiger partial charge in [-0.05, 0) is 49.2 Å². The number of rotatable bonds is 2. The summed E-state index contributed by atoms with van der Waals surface area (Å²) in [4.78, 5) is 4.36. The van der Waals surface area contributed by atoms with E-state index in [1.165, 1.54) is 22.4 Å². The molecule has 2 heterocycles. The van der Waals surface area contributed by atoms with E-state index in [4.69, 9.17) is 5.73 Å². The molecule has 0 amide bonds. The van der Waals surface area contributed by atoms with Gasteiger partial charge in [0, 0.05) is 27.8 Å². The molecule has 2 aromatic heterocycles. The Balaban J connectivity index is 2.26. The number of nitrogens with zero attached hydrogens (tertiary/aromatic N) is 2. The Kier molecular flexibility index (Phi) is 3.36. The third-order valence-corrected chi connectivity index (χ3v) is 4.17. The average Bonchev–Trinajstić information content (AvgIpc) is 2.78. The quantitative estimate of drug-likeness (QED) is 0.776. The van der Waals surface area contributed by atoms with Crippen LogP contribution in [0.1, 0.15) is 17.0 Å². The van der Waals surface area contributed by atoms with Crippen molar-refractivity contribution in [2.24, 2.45) is 5.73 Å². The summed E-state index contributed by atoms with van der Waals surface area (Å²) in [5, 5.41) is 0. The fraction of sp³-hybridized carbons (Fsp3) is 0.188. The Labute approximate surface area is 126 Å². The van der Waals surface area contributed by atoms with Gasteiger partial charge in [0.25, 0.3) is 0 Å². The summed E-state index contributed by atoms with van der Waals surface area (Å²) in [6.07, 6.45) is 1.85. The lowest BCUT2D eigenvalue weighted by atomic mass is 10.0. The van der Waals surface area contributed by atoms with Crippen LogP contribution in [0.25, 0.3) is 16.6 Å². The van der Waals surface area contributed by atoms with Crippen LogP contribution >= 0.6 is 15.9 Å². The lowest BCUT2D eigenvalue weighted by Crippen LogP contribution is -2.01. The molecule has 4 heteroatoms. The number of hydrogen-bond donors (Lipinski definition) is 1. The molecule has 0 atom stereocenters. The number of aryl methyl sites for hydroxylation is 2. The lowest BCUT2D eigenvalue weighted by molar-refractivity contribution is 0.941. The van der Waals surface area contributed by atoms with Gasteiger partial charge in [0.05, 0.1) is 12.0 Å². The third kappa shape index (κ3) is 2.15. The number of benzene rings is 1. The monoisotopic (exact) mass is 329 g/mol. The number of hydrogen-bond acceptors (Lipinski definition) is 2. The van der Waals surface area contributed by atoms with E-state index in [1.54, 1.807) is 0 Å². The second-order valence-electron chi connectivity index (χ2n) is 4.98. The fourth-order valence-electron chi connectivity index (χ4n) is 2.52. The molecule has 0 radical (unpaired) electrons. The molecule has 20 heavy (non-hydrogen) atoms. The second-order valence-corrected chi connectivity index (χ2v) is 5.90. The second kappa shape index (κ2) is 5.04. The predicted octanol–water partition coefficient (Wildman–Crippen LogP) is 3.84. The first-order chi connectivity index (χ1) is 9.60. The molecule has 0 spiro atoms. The van der Waals surface area contributed by atoms with Crippen LogP contribution in [0.5, 0.6) is 0 Å². The summed E-state index contributed by atoms with van der Waals surface area (Å²) >= 11 is 3.55. The standard InChI is InChI=1S/C16H16BrN3/c1-10-3-4-12(17)5-15(10)16-7-14-6-13(8-18)19-9-20(14)11(16)2/h3-7,9H,8,18H2,1-2H3. The SMILES string of the molecule is Cc1ccc(Br)cc1-c1cc2cc(CN)ncn2c1C. The summed E-state index contributed by atoms with van der Waals surface area (Å²) in [5.74, 6) is 0. The first kappa shape index (κ1) is 13.3. The Morgan fingerprint density at radius 1 is 1.15 bits per heavy atom. The Bertz CT molecular complexity index is 790. The van der Waals surface area contributed by atoms with Gasteiger partial charge in [-0.2, -0.15) is 0 Å². The normalized spacial score (nSPS) is 11.2. The van der Waals surface area contributed by atoms with Crippen LogP contribution in [-0.2, 0) is 6.54 Å². The van der Waals surface area contributed by atoms with Gasteiger partial charge >= 0.3 is 0 Å². The molecule has 0 aliphatic carbocycles. The van der Waals surface area contributed by atoms with Crippen molar-refractivity contribution in [3.05, 3.63) is 58.1 Å². The van der Waals surface area contributed by atoms with Crippen molar-refractivity contribution in [2.75, 3.05) is 0 Å². The van der Waals surface area contributed by atoms with E-state index in [1.807, 2.05) is 12.4 Å². The van der Waals surface area contributed by atoms with Gasteiger partial charge in [-0.3, -0.25) is 0 Å². The van der Waals surface area contributed by atoms with Crippen LogP contribution in [0.3, 0.4) is 0 Å². The molecule has 3 aromatic rings. The first-order valence-electron chi connectivity index (χ1n) is 6.53. The maximum Gasteiger partial charge on any atom is 0.0996 e. The van der Waals surface area contributed by atoms with E-state index in [2.05, 4.69) is 63.4 Å². The Morgan fingerprint density at radius 3 is 2.70 bits per heavy atom. The zero-order valence-corrected chi connectivity index (χ0v) is 13.1. The van der Waals surface area contributed by atoms with Gasteiger partial charge in [-0.25, -0.2) is 4.98 Å². The van der Waals surface area contributed by atoms with E-state index in [0.717, 1.165) is 15.7 Å². The zero-order chi connectivity index (χ0) is 14.3. The van der Waals surface area contributed by atoms with Crippen LogP contribution in [0, 0.1) is 13.8 Å². The highest BCUT2D eigenvalue weighted by molar-refractivity contribution is 9.10. The van der Waals surface area contributed by atoms with Crippen molar-refractivity contribution >= 4 is 21.4 Å². The van der Waals surface area contributed by atoms with E-state index < -0.39 is 0 Å². The summed E-state index contributed by atoms with van der Waals surface area (Å²) in [6, 6.07) is 10.6. The predicted molar refractivity (Wildman–Crippen MR) is 85.7 cm³/mol. The zero-order valence-electron chi connectivity index (χ0n) is 11.5. The molecule has 0 unspecified atom stereocenters. The minimum atomic E-state index is 0.464. The molecule has 0 fully saturated rings. The number of fused-ring (bicyclic) bond motifs is 1. The average molecular weight is 330 g/mol. The van der Waals surface area contributed by atoms with Gasteiger partial charge in [0.15, 0.2) is 0 Å². The van der Waals surface area contributed by atoms with Crippen LogP contribution in [0.2, 0.25) is 0 Å². The van der Waals surface area contributed by atoms with Crippen LogP contribution in [-0.4, -0.2) is 9.38 Å². The number of aromatic nitrogens is 2. The molecule has 0 saturated heterocycles. The van der Waals surface area contributed by atoms with Crippen molar-refractivity contribution in [2.45, 2.75) is 20.4 Å². The smallest absolute Gasteiger partial charge is 0.0996 e. The summed E-state index contributed by atoms with van der Waals surface area (Å²) in [6.45, 7) is 4.71. The van der Waals surface area contributed by atoms with Crippen molar-refractivity contribution in [1.82, 2.24) is 9.38 Å². The largest absolute Gasteiger partial charge is 0.325 e. The third-order valence-electron chi connectivity index (χ3n) is 3.67. The van der Waals surface area contributed by atoms with Gasteiger partial charge in [0.2, 0.25) is 0 Å². The van der Waals surface area contributed by atoms with Crippen molar-refractivity contribution < 1.29 is 0 Å². The molecule has 0 aliphatic rings. The lowest BCUT2D eigenvalue weighted by Gasteiger charge is -2.06. The fourth-order valence-corrected chi connectivity index (χ4v) is 2.88.